The van der Waals surface area contributed by atoms with Crippen LogP contribution in [0.4, 0.5) is 17.1 Å². The van der Waals surface area contributed by atoms with Crippen molar-refractivity contribution in [2.75, 3.05) is 63.6 Å². The maximum atomic E-state index is 12.0. The molecule has 0 atom stereocenters. The Morgan fingerprint density at radius 2 is 1.84 bits per heavy atom. The van der Waals surface area contributed by atoms with Crippen LogP contribution in [0.25, 0.3) is 16.7 Å². The molecular weight excluding hydrogens is 436 g/mol. The summed E-state index contributed by atoms with van der Waals surface area (Å²) in [6, 6.07) is 7.00. The van der Waals surface area contributed by atoms with E-state index in [1.54, 1.807) is 39.5 Å². The van der Waals surface area contributed by atoms with E-state index in [0.717, 1.165) is 5.69 Å². The number of methoxy groups -OCH3 is 3. The van der Waals surface area contributed by atoms with Crippen LogP contribution >= 0.6 is 11.6 Å². The number of fused-ring (bicyclic) bond motifs is 1. The Labute approximate surface area is 191 Å². The van der Waals surface area contributed by atoms with E-state index in [1.807, 2.05) is 6.07 Å². The highest BCUT2D eigenvalue weighted by atomic mass is 35.5. The molecule has 1 aromatic heterocycles. The van der Waals surface area contributed by atoms with Gasteiger partial charge >= 0.3 is 0 Å². The molecule has 0 fully saturated rings. The topological polar surface area (TPSA) is 117 Å². The fraction of sp³-hybridized carbons (Fsp3) is 0.381. The van der Waals surface area contributed by atoms with Gasteiger partial charge in [0.2, 0.25) is 5.91 Å². The van der Waals surface area contributed by atoms with Gasteiger partial charge < -0.3 is 30.2 Å². The molecule has 0 radical (unpaired) electrons. The van der Waals surface area contributed by atoms with Gasteiger partial charge in [-0.25, -0.2) is 0 Å². The summed E-state index contributed by atoms with van der Waals surface area (Å²) in [5, 5.41) is 12.2. The Bertz CT molecular complexity index is 1100. The van der Waals surface area contributed by atoms with E-state index in [2.05, 4.69) is 20.4 Å². The molecule has 0 saturated carbocycles. The lowest BCUT2D eigenvalue weighted by Gasteiger charge is -2.27. The molecule has 1 heterocycles. The van der Waals surface area contributed by atoms with Crippen LogP contribution in [0.1, 0.15) is 6.92 Å². The normalized spacial score (nSPS) is 11.0. The molecule has 32 heavy (non-hydrogen) atoms. The smallest absolute Gasteiger partial charge is 0.221 e. The Hall–Kier alpha value is -3.08. The van der Waals surface area contributed by atoms with E-state index in [1.165, 1.54) is 11.7 Å². The number of ether oxygens (including phenoxy) is 3. The molecule has 11 heteroatoms. The highest BCUT2D eigenvalue weighted by molar-refractivity contribution is 6.37. The molecule has 3 N–H and O–H groups in total. The third-order valence-electron chi connectivity index (χ3n) is 4.82. The molecule has 0 bridgehead atoms. The molecule has 0 aliphatic rings. The van der Waals surface area contributed by atoms with Crippen LogP contribution in [0.5, 0.6) is 5.75 Å². The van der Waals surface area contributed by atoms with E-state index >= 15 is 0 Å². The molecule has 0 saturated heterocycles. The number of nitrogens with one attached hydrogen (secondary N) is 1. The molecule has 0 spiro atoms. The van der Waals surface area contributed by atoms with Gasteiger partial charge in [-0.2, -0.15) is 0 Å². The number of nitrogen functional groups attached to an aromatic ring is 1. The van der Waals surface area contributed by atoms with E-state index in [-0.39, 0.29) is 5.91 Å². The number of benzene rings is 2. The van der Waals surface area contributed by atoms with Gasteiger partial charge in [-0.15, -0.1) is 15.0 Å². The van der Waals surface area contributed by atoms with Crippen molar-refractivity contribution in [3.05, 3.63) is 29.3 Å². The fourth-order valence-electron chi connectivity index (χ4n) is 3.25. The number of hydrogen-bond acceptors (Lipinski definition) is 8. The van der Waals surface area contributed by atoms with Gasteiger partial charge in [-0.3, -0.25) is 4.79 Å². The summed E-state index contributed by atoms with van der Waals surface area (Å²) < 4.78 is 16.2. The number of nitrogens with zero attached hydrogens (tertiary/aromatic N) is 4. The number of halogens is 1. The summed E-state index contributed by atoms with van der Waals surface area (Å²) in [7, 11) is 4.86. The first-order valence-corrected chi connectivity index (χ1v) is 10.3. The number of aromatic nitrogens is 3. The van der Waals surface area contributed by atoms with Gasteiger partial charge in [0.05, 0.1) is 42.4 Å². The predicted octanol–water partition coefficient (Wildman–Crippen LogP) is 2.72. The van der Waals surface area contributed by atoms with Crippen LogP contribution in [0.3, 0.4) is 0 Å². The first-order chi connectivity index (χ1) is 15.4. The Morgan fingerprint density at radius 3 is 2.44 bits per heavy atom. The fourth-order valence-corrected chi connectivity index (χ4v) is 3.45. The second kappa shape index (κ2) is 10.5. The average molecular weight is 463 g/mol. The first kappa shape index (κ1) is 23.6. The summed E-state index contributed by atoms with van der Waals surface area (Å²) >= 11 is 6.31. The minimum Gasteiger partial charge on any atom is -0.494 e. The van der Waals surface area contributed by atoms with Crippen LogP contribution in [-0.4, -0.2) is 68.5 Å². The van der Waals surface area contributed by atoms with Gasteiger partial charge in [0.25, 0.3) is 0 Å². The maximum Gasteiger partial charge on any atom is 0.221 e. The van der Waals surface area contributed by atoms with E-state index in [4.69, 9.17) is 31.5 Å². The van der Waals surface area contributed by atoms with Crippen LogP contribution in [0.15, 0.2) is 24.3 Å². The molecule has 3 aromatic rings. The van der Waals surface area contributed by atoms with E-state index < -0.39 is 0 Å². The third kappa shape index (κ3) is 5.04. The van der Waals surface area contributed by atoms with E-state index in [0.29, 0.717) is 65.2 Å². The third-order valence-corrected chi connectivity index (χ3v) is 5.21. The van der Waals surface area contributed by atoms with Crippen LogP contribution in [0.2, 0.25) is 5.02 Å². The minimum atomic E-state index is -0.235. The van der Waals surface area contributed by atoms with Crippen molar-refractivity contribution in [1.82, 2.24) is 15.0 Å². The number of amides is 1. The molecule has 0 unspecified atom stereocenters. The van der Waals surface area contributed by atoms with Crippen LogP contribution < -0.4 is 20.7 Å². The second-order valence-corrected chi connectivity index (χ2v) is 7.40. The van der Waals surface area contributed by atoms with Crippen molar-refractivity contribution in [3.63, 3.8) is 0 Å². The number of carbonyl (C=O) groups is 1. The number of hydrogen-bond donors (Lipinski definition) is 2. The number of carbonyl (C=O) groups excluding carboxylic acids is 1. The van der Waals surface area contributed by atoms with Crippen molar-refractivity contribution >= 4 is 45.6 Å². The lowest BCUT2D eigenvalue weighted by atomic mass is 10.2. The average Bonchev–Trinajstić information content (AvgIpc) is 3.21. The zero-order chi connectivity index (χ0) is 23.3. The quantitative estimate of drug-likeness (QED) is 0.442. The molecule has 1 amide bonds. The van der Waals surface area contributed by atoms with Gasteiger partial charge in [0, 0.05) is 40.3 Å². The molecular formula is C21H27ClN6O4. The number of rotatable bonds is 10. The van der Waals surface area contributed by atoms with Crippen LogP contribution in [-0.2, 0) is 14.3 Å². The van der Waals surface area contributed by atoms with Crippen molar-refractivity contribution in [2.24, 2.45) is 0 Å². The summed E-state index contributed by atoms with van der Waals surface area (Å²) in [5.41, 5.74) is 9.14. The minimum absolute atomic E-state index is 0.235. The molecule has 2 aromatic carbocycles. The Kier molecular flexibility index (Phi) is 7.73. The zero-order valence-corrected chi connectivity index (χ0v) is 19.3. The highest BCUT2D eigenvalue weighted by Crippen LogP contribution is 2.37. The second-order valence-electron chi connectivity index (χ2n) is 7.02. The highest BCUT2D eigenvalue weighted by Gasteiger charge is 2.20. The molecule has 3 rings (SSSR count). The molecule has 172 valence electrons. The van der Waals surface area contributed by atoms with Crippen molar-refractivity contribution in [1.29, 1.82) is 0 Å². The summed E-state index contributed by atoms with van der Waals surface area (Å²) in [5.74, 6) is 0.343. The van der Waals surface area contributed by atoms with Gasteiger partial charge in [0.1, 0.15) is 22.5 Å². The summed E-state index contributed by atoms with van der Waals surface area (Å²) in [4.78, 5) is 15.4. The van der Waals surface area contributed by atoms with Gasteiger partial charge in [-0.1, -0.05) is 11.6 Å². The summed E-state index contributed by atoms with van der Waals surface area (Å²) in [6.07, 6.45) is 0. The SMILES string of the molecule is COCCN(CCOC)c1cc(NC(C)=O)c(-n2nc3ccc(N)c(Cl)c3n2)cc1OC. The molecule has 10 nitrogen and oxygen atoms in total. The first-order valence-electron chi connectivity index (χ1n) is 9.93. The zero-order valence-electron chi connectivity index (χ0n) is 18.5. The Balaban J connectivity index is 2.16. The molecule has 0 aliphatic heterocycles. The monoisotopic (exact) mass is 462 g/mol. The van der Waals surface area contributed by atoms with Crippen molar-refractivity contribution < 1.29 is 19.0 Å². The van der Waals surface area contributed by atoms with Gasteiger partial charge in [0.15, 0.2) is 0 Å². The Morgan fingerprint density at radius 1 is 1.16 bits per heavy atom. The number of nitrogens with two attached hydrogens (primary N) is 1. The number of anilines is 3. The van der Waals surface area contributed by atoms with Crippen molar-refractivity contribution in [2.45, 2.75) is 6.92 Å². The van der Waals surface area contributed by atoms with Crippen LogP contribution in [0, 0.1) is 0 Å². The maximum absolute atomic E-state index is 12.0. The standard InChI is InChI=1S/C21H27ClN6O4/c1-13(29)24-16-11-18(27(7-9-30-2)8-10-31-3)19(32-4)12-17(16)28-25-15-6-5-14(23)20(22)21(15)26-28/h5-6,11-12H,7-10,23H2,1-4H3,(H,24,29). The van der Waals surface area contributed by atoms with E-state index in [9.17, 15) is 4.79 Å². The lowest BCUT2D eigenvalue weighted by Crippen LogP contribution is -2.31. The van der Waals surface area contributed by atoms with Crippen molar-refractivity contribution in [3.8, 4) is 11.4 Å². The largest absolute Gasteiger partial charge is 0.494 e. The predicted molar refractivity (Wildman–Crippen MR) is 125 cm³/mol. The lowest BCUT2D eigenvalue weighted by molar-refractivity contribution is -0.114. The summed E-state index contributed by atoms with van der Waals surface area (Å²) in [6.45, 7) is 3.67. The van der Waals surface area contributed by atoms with Gasteiger partial charge in [-0.05, 0) is 18.2 Å². The molecule has 0 aliphatic carbocycles.